The van der Waals surface area contributed by atoms with E-state index in [1.807, 2.05) is 0 Å². The molecule has 0 N–H and O–H groups in total. The lowest BCUT2D eigenvalue weighted by Crippen LogP contribution is -2.63. The van der Waals surface area contributed by atoms with E-state index >= 15 is 0 Å². The zero-order valence-electron chi connectivity index (χ0n) is 10.1. The Morgan fingerprint density at radius 2 is 2.05 bits per heavy atom. The quantitative estimate of drug-likeness (QED) is 0.483. The fourth-order valence-corrected chi connectivity index (χ4v) is 2.82. The van der Waals surface area contributed by atoms with E-state index in [2.05, 4.69) is 9.97 Å². The zero-order chi connectivity index (χ0) is 14.1. The molecule has 1 aliphatic rings. The summed E-state index contributed by atoms with van der Waals surface area (Å²) in [5, 5.41) is 0.519. The Morgan fingerprint density at radius 1 is 1.42 bits per heavy atom. The van der Waals surface area contributed by atoms with Crippen LogP contribution in [0.25, 0.3) is 0 Å². The van der Waals surface area contributed by atoms with Crippen LogP contribution in [-0.4, -0.2) is 45.8 Å². The van der Waals surface area contributed by atoms with Gasteiger partial charge >= 0.3 is 6.18 Å². The summed E-state index contributed by atoms with van der Waals surface area (Å²) in [7, 11) is 0. The molecule has 0 saturated carbocycles. The second-order valence-electron chi connectivity index (χ2n) is 4.66. The first kappa shape index (κ1) is 14.1. The molecule has 0 aliphatic carbocycles. The van der Waals surface area contributed by atoms with Gasteiger partial charge in [-0.15, -0.1) is 0 Å². The fraction of sp³-hybridized carbons (Fsp3) is 0.545. The number of amides is 1. The van der Waals surface area contributed by atoms with Crippen LogP contribution in [0.1, 0.15) is 6.92 Å². The topological polar surface area (TPSA) is 46.1 Å². The fourth-order valence-electron chi connectivity index (χ4n) is 1.89. The van der Waals surface area contributed by atoms with Crippen molar-refractivity contribution in [1.29, 1.82) is 0 Å². The van der Waals surface area contributed by atoms with Gasteiger partial charge < -0.3 is 4.90 Å². The van der Waals surface area contributed by atoms with Crippen molar-refractivity contribution < 1.29 is 18.0 Å². The monoisotopic (exact) mass is 291 g/mol. The van der Waals surface area contributed by atoms with E-state index in [4.69, 9.17) is 0 Å². The maximum absolute atomic E-state index is 12.2. The van der Waals surface area contributed by atoms with Gasteiger partial charge in [0, 0.05) is 24.7 Å². The van der Waals surface area contributed by atoms with Crippen molar-refractivity contribution in [1.82, 2.24) is 14.9 Å². The Kier molecular flexibility index (Phi) is 3.71. The second kappa shape index (κ2) is 4.99. The number of likely N-dealkylation sites (tertiary alicyclic amines) is 1. The molecule has 2 heterocycles. The molecule has 0 spiro atoms. The predicted molar refractivity (Wildman–Crippen MR) is 63.5 cm³/mol. The van der Waals surface area contributed by atoms with Crippen LogP contribution in [-0.2, 0) is 4.79 Å². The summed E-state index contributed by atoms with van der Waals surface area (Å²) in [6.45, 7) is 0.608. The van der Waals surface area contributed by atoms with Gasteiger partial charge in [-0.25, -0.2) is 9.97 Å². The van der Waals surface area contributed by atoms with Crippen LogP contribution in [0, 0.1) is 5.41 Å². The standard InChI is InChI=1S/C11H12F3N3OS/c1-10(7-19-9-15-3-2-4-16-9)5-17(8(10)18)6-11(12,13)14/h2-4H,5-7H2,1H3. The van der Waals surface area contributed by atoms with E-state index in [0.717, 1.165) is 4.90 Å². The van der Waals surface area contributed by atoms with Crippen LogP contribution in [0.5, 0.6) is 0 Å². The van der Waals surface area contributed by atoms with Gasteiger partial charge in [0.25, 0.3) is 0 Å². The average molecular weight is 291 g/mol. The van der Waals surface area contributed by atoms with Crippen molar-refractivity contribution in [3.05, 3.63) is 18.5 Å². The van der Waals surface area contributed by atoms with Gasteiger partial charge in [-0.3, -0.25) is 4.79 Å². The molecule has 1 atom stereocenters. The molecule has 1 unspecified atom stereocenters. The van der Waals surface area contributed by atoms with Gasteiger partial charge in [0.15, 0.2) is 5.16 Å². The van der Waals surface area contributed by atoms with Crippen LogP contribution >= 0.6 is 11.8 Å². The summed E-state index contributed by atoms with van der Waals surface area (Å²) in [6.07, 6.45) is -1.18. The molecule has 4 nitrogen and oxygen atoms in total. The number of rotatable bonds is 4. The maximum atomic E-state index is 12.2. The smallest absolute Gasteiger partial charge is 0.332 e. The van der Waals surface area contributed by atoms with Crippen molar-refractivity contribution >= 4 is 17.7 Å². The molecular weight excluding hydrogens is 279 g/mol. The first-order valence-corrected chi connectivity index (χ1v) is 6.55. The summed E-state index contributed by atoms with van der Waals surface area (Å²) in [6, 6.07) is 1.67. The minimum atomic E-state index is -4.34. The van der Waals surface area contributed by atoms with E-state index < -0.39 is 24.0 Å². The molecule has 1 aromatic rings. The first-order chi connectivity index (χ1) is 8.80. The third kappa shape index (κ3) is 3.37. The van der Waals surface area contributed by atoms with E-state index in [0.29, 0.717) is 10.9 Å². The lowest BCUT2D eigenvalue weighted by molar-refractivity contribution is -0.184. The number of β-lactam (4-membered cyclic amide) rings is 1. The Bertz CT molecular complexity index is 468. The van der Waals surface area contributed by atoms with Gasteiger partial charge in [-0.1, -0.05) is 11.8 Å². The van der Waals surface area contributed by atoms with Gasteiger partial charge in [-0.05, 0) is 13.0 Å². The van der Waals surface area contributed by atoms with E-state index in [1.165, 1.54) is 11.8 Å². The lowest BCUT2D eigenvalue weighted by Gasteiger charge is -2.46. The number of aromatic nitrogens is 2. The molecular formula is C11H12F3N3OS. The van der Waals surface area contributed by atoms with Crippen LogP contribution in [0.3, 0.4) is 0 Å². The number of carbonyl (C=O) groups is 1. The third-order valence-corrected chi connectivity index (χ3v) is 4.03. The maximum Gasteiger partial charge on any atom is 0.406 e. The number of nitrogens with zero attached hydrogens (tertiary/aromatic N) is 3. The highest BCUT2D eigenvalue weighted by Crippen LogP contribution is 2.37. The van der Waals surface area contributed by atoms with Crippen LogP contribution in [0.2, 0.25) is 0 Å². The van der Waals surface area contributed by atoms with Gasteiger partial charge in [0.05, 0.1) is 5.41 Å². The lowest BCUT2D eigenvalue weighted by atomic mass is 9.83. The summed E-state index contributed by atoms with van der Waals surface area (Å²) in [5.41, 5.74) is -0.755. The minimum absolute atomic E-state index is 0.116. The number of hydrogen-bond acceptors (Lipinski definition) is 4. The van der Waals surface area contributed by atoms with Crippen molar-refractivity contribution in [3.63, 3.8) is 0 Å². The second-order valence-corrected chi connectivity index (χ2v) is 5.60. The summed E-state index contributed by atoms with van der Waals surface area (Å²) >= 11 is 1.28. The third-order valence-electron chi connectivity index (χ3n) is 2.78. The summed E-state index contributed by atoms with van der Waals surface area (Å²) in [4.78, 5) is 20.6. The molecule has 1 aromatic heterocycles. The van der Waals surface area contributed by atoms with Gasteiger partial charge in [-0.2, -0.15) is 13.2 Å². The number of halogens is 3. The van der Waals surface area contributed by atoms with Crippen molar-refractivity contribution in [2.75, 3.05) is 18.8 Å². The van der Waals surface area contributed by atoms with E-state index in [9.17, 15) is 18.0 Å². The zero-order valence-corrected chi connectivity index (χ0v) is 11.0. The molecule has 1 saturated heterocycles. The summed E-state index contributed by atoms with van der Waals surface area (Å²) in [5.74, 6) is -0.0854. The Balaban J connectivity index is 1.87. The normalized spacial score (nSPS) is 23.4. The van der Waals surface area contributed by atoms with E-state index in [1.54, 1.807) is 25.4 Å². The van der Waals surface area contributed by atoms with E-state index in [-0.39, 0.29) is 6.54 Å². The number of thioether (sulfide) groups is 1. The molecule has 1 amide bonds. The van der Waals surface area contributed by atoms with Gasteiger partial charge in [0.1, 0.15) is 6.54 Å². The molecule has 8 heteroatoms. The highest BCUT2D eigenvalue weighted by atomic mass is 32.2. The van der Waals surface area contributed by atoms with Crippen molar-refractivity contribution in [3.8, 4) is 0 Å². The van der Waals surface area contributed by atoms with Gasteiger partial charge in [0.2, 0.25) is 5.91 Å². The molecule has 1 aliphatic heterocycles. The molecule has 19 heavy (non-hydrogen) atoms. The molecule has 1 fully saturated rings. The predicted octanol–water partition coefficient (Wildman–Crippen LogP) is 1.98. The minimum Gasteiger partial charge on any atom is -0.332 e. The molecule has 2 rings (SSSR count). The molecule has 0 radical (unpaired) electrons. The highest BCUT2D eigenvalue weighted by molar-refractivity contribution is 7.99. The van der Waals surface area contributed by atoms with Crippen molar-refractivity contribution in [2.45, 2.75) is 18.3 Å². The molecule has 104 valence electrons. The average Bonchev–Trinajstić information content (AvgIpc) is 2.35. The van der Waals surface area contributed by atoms with Crippen molar-refractivity contribution in [2.24, 2.45) is 5.41 Å². The highest BCUT2D eigenvalue weighted by Gasteiger charge is 2.51. The summed E-state index contributed by atoms with van der Waals surface area (Å²) < 4.78 is 36.6. The Morgan fingerprint density at radius 3 is 2.58 bits per heavy atom. The first-order valence-electron chi connectivity index (χ1n) is 5.56. The van der Waals surface area contributed by atoms with Crippen LogP contribution < -0.4 is 0 Å². The van der Waals surface area contributed by atoms with Crippen LogP contribution in [0.4, 0.5) is 13.2 Å². The number of hydrogen-bond donors (Lipinski definition) is 0. The molecule has 0 bridgehead atoms. The van der Waals surface area contributed by atoms with Crippen LogP contribution in [0.15, 0.2) is 23.6 Å². The number of alkyl halides is 3. The largest absolute Gasteiger partial charge is 0.406 e. The Labute approximate surface area is 112 Å². The molecule has 0 aromatic carbocycles. The number of carbonyl (C=O) groups excluding carboxylic acids is 1. The Hall–Kier alpha value is -1.31. The SMILES string of the molecule is CC1(CSc2ncccn2)CN(CC(F)(F)F)C1=O.